The van der Waals surface area contributed by atoms with Gasteiger partial charge in [-0.15, -0.1) is 0 Å². The van der Waals surface area contributed by atoms with Crippen LogP contribution < -0.4 is 5.32 Å². The van der Waals surface area contributed by atoms with Crippen molar-refractivity contribution in [1.82, 2.24) is 5.32 Å². The van der Waals surface area contributed by atoms with E-state index >= 15 is 0 Å². The van der Waals surface area contributed by atoms with Crippen molar-refractivity contribution in [2.45, 2.75) is 70.6 Å². The molecule has 0 unspecified atom stereocenters. The predicted molar refractivity (Wildman–Crippen MR) is 109 cm³/mol. The topological polar surface area (TPSA) is 113 Å². The minimum Gasteiger partial charge on any atom is -0.469 e. The molecule has 5 atom stereocenters. The number of hydrogen-bond donors (Lipinski definition) is 3. The summed E-state index contributed by atoms with van der Waals surface area (Å²) in [6.45, 7) is 7.01. The Hall–Kier alpha value is -1.38. The average molecular weight is 416 g/mol. The predicted octanol–water partition coefficient (Wildman–Crippen LogP) is 1.81. The number of ether oxygens (including phenoxy) is 1. The number of thioether (sulfide) groups is 1. The van der Waals surface area contributed by atoms with Gasteiger partial charge >= 0.3 is 5.97 Å². The van der Waals surface area contributed by atoms with Crippen molar-refractivity contribution in [2.75, 3.05) is 12.9 Å². The number of hydrogen-bond acceptors (Lipinski definition) is 7. The van der Waals surface area contributed by atoms with E-state index in [1.165, 1.54) is 14.0 Å². The van der Waals surface area contributed by atoms with Crippen LogP contribution >= 0.6 is 11.8 Å². The molecule has 1 rings (SSSR count). The first-order chi connectivity index (χ1) is 13.1. The maximum atomic E-state index is 13.2. The Labute approximate surface area is 171 Å². The summed E-state index contributed by atoms with van der Waals surface area (Å²) in [6.07, 6.45) is 4.03. The van der Waals surface area contributed by atoms with Gasteiger partial charge in [-0.2, -0.15) is 0 Å². The Kier molecular flexibility index (Phi) is 9.17. The molecule has 1 heterocycles. The molecule has 1 amide bonds. The fourth-order valence-electron chi connectivity index (χ4n) is 3.81. The maximum Gasteiger partial charge on any atom is 0.306 e. The molecule has 0 aliphatic carbocycles. The van der Waals surface area contributed by atoms with Gasteiger partial charge in [0.05, 0.1) is 25.6 Å². The highest BCUT2D eigenvalue weighted by Gasteiger charge is 2.68. The summed E-state index contributed by atoms with van der Waals surface area (Å²) in [4.78, 5) is 37.2. The number of nitrogens with one attached hydrogen (secondary N) is 1. The fourth-order valence-corrected chi connectivity index (χ4v) is 4.87. The quantitative estimate of drug-likeness (QED) is 0.368. The van der Waals surface area contributed by atoms with Crippen LogP contribution in [0.15, 0.2) is 12.2 Å². The van der Waals surface area contributed by atoms with Gasteiger partial charge in [0.2, 0.25) is 11.0 Å². The number of allylic oxidation sites excluding steroid dienone is 1. The normalized spacial score (nSPS) is 29.5. The first-order valence-electron chi connectivity index (χ1n) is 9.76. The molecule has 0 saturated carbocycles. The van der Waals surface area contributed by atoms with Gasteiger partial charge in [0.15, 0.2) is 5.54 Å². The van der Waals surface area contributed by atoms with E-state index in [9.17, 15) is 24.6 Å². The van der Waals surface area contributed by atoms with Crippen molar-refractivity contribution in [3.8, 4) is 0 Å². The standard InChI is InChI=1S/C20H33NO6S/c1-6-9-10-13(7-2)16(23)20(18(25)28-12-11-15(22)27-5)19(4,26)14(8-3)17(24)21-20/h9-10,13-14,16,23,26H,6-8,11-12H2,1-5H3,(H,21,24)/b10-9-/t13-,14-,16-,19-,20-/m0/s1. The van der Waals surface area contributed by atoms with Gasteiger partial charge in [-0.05, 0) is 26.2 Å². The molecule has 28 heavy (non-hydrogen) atoms. The van der Waals surface area contributed by atoms with E-state index in [-0.39, 0.29) is 12.2 Å². The SMILES string of the molecule is CC/C=C\[C@H](CC)[C@H](O)[C@@]1(C(=O)SCCC(=O)OC)NC(=O)[C@H](CC)[C@]1(C)O. The van der Waals surface area contributed by atoms with E-state index in [0.717, 1.165) is 18.2 Å². The van der Waals surface area contributed by atoms with E-state index < -0.39 is 46.1 Å². The van der Waals surface area contributed by atoms with Crippen LogP contribution in [-0.2, 0) is 19.1 Å². The van der Waals surface area contributed by atoms with Gasteiger partial charge in [0.25, 0.3) is 0 Å². The van der Waals surface area contributed by atoms with Crippen LogP contribution in [0.5, 0.6) is 0 Å². The third-order valence-electron chi connectivity index (χ3n) is 5.55. The van der Waals surface area contributed by atoms with E-state index in [1.54, 1.807) is 6.92 Å². The number of esters is 1. The molecule has 7 nitrogen and oxygen atoms in total. The molecular formula is C20H33NO6S. The minimum atomic E-state index is -1.86. The molecule has 160 valence electrons. The van der Waals surface area contributed by atoms with Gasteiger partial charge < -0.3 is 20.3 Å². The molecule has 0 spiro atoms. The lowest BCUT2D eigenvalue weighted by atomic mass is 9.70. The molecule has 1 aliphatic rings. The highest BCUT2D eigenvalue weighted by Crippen LogP contribution is 2.45. The highest BCUT2D eigenvalue weighted by molar-refractivity contribution is 8.13. The summed E-state index contributed by atoms with van der Waals surface area (Å²) < 4.78 is 4.58. The van der Waals surface area contributed by atoms with Crippen LogP contribution in [0, 0.1) is 11.8 Å². The fraction of sp³-hybridized carbons (Fsp3) is 0.750. The zero-order valence-corrected chi connectivity index (χ0v) is 18.2. The second-order valence-electron chi connectivity index (χ2n) is 7.22. The Balaban J connectivity index is 3.31. The zero-order valence-electron chi connectivity index (χ0n) is 17.4. The summed E-state index contributed by atoms with van der Waals surface area (Å²) >= 11 is 0.815. The molecule has 0 aromatic rings. The first-order valence-corrected chi connectivity index (χ1v) is 10.8. The highest BCUT2D eigenvalue weighted by atomic mass is 32.2. The smallest absolute Gasteiger partial charge is 0.306 e. The number of carbonyl (C=O) groups is 3. The van der Waals surface area contributed by atoms with Gasteiger partial charge in [-0.3, -0.25) is 14.4 Å². The van der Waals surface area contributed by atoms with E-state index in [1.807, 2.05) is 26.0 Å². The van der Waals surface area contributed by atoms with E-state index in [4.69, 9.17) is 0 Å². The average Bonchev–Trinajstić information content (AvgIpc) is 2.87. The summed E-state index contributed by atoms with van der Waals surface area (Å²) in [7, 11) is 1.26. The Bertz CT molecular complexity index is 606. The zero-order chi connectivity index (χ0) is 21.5. The first kappa shape index (κ1) is 24.7. The number of rotatable bonds is 10. The van der Waals surface area contributed by atoms with Crippen LogP contribution in [0.2, 0.25) is 0 Å². The maximum absolute atomic E-state index is 13.2. The number of amides is 1. The summed E-state index contributed by atoms with van der Waals surface area (Å²) in [5.74, 6) is -2.03. The third-order valence-corrected chi connectivity index (χ3v) is 6.54. The number of aliphatic hydroxyl groups excluding tert-OH is 1. The second-order valence-corrected chi connectivity index (χ2v) is 8.29. The van der Waals surface area contributed by atoms with Crippen molar-refractivity contribution >= 4 is 28.8 Å². The van der Waals surface area contributed by atoms with Crippen molar-refractivity contribution in [3.05, 3.63) is 12.2 Å². The molecule has 0 bridgehead atoms. The Morgan fingerprint density at radius 1 is 1.36 bits per heavy atom. The minimum absolute atomic E-state index is 0.0132. The van der Waals surface area contributed by atoms with Crippen molar-refractivity contribution in [2.24, 2.45) is 11.8 Å². The van der Waals surface area contributed by atoms with Crippen LogP contribution in [-0.4, -0.2) is 57.3 Å². The number of carbonyl (C=O) groups excluding carboxylic acids is 3. The van der Waals surface area contributed by atoms with Crippen molar-refractivity contribution in [1.29, 1.82) is 0 Å². The van der Waals surface area contributed by atoms with Gasteiger partial charge in [-0.25, -0.2) is 0 Å². The van der Waals surface area contributed by atoms with Gasteiger partial charge in [-0.1, -0.05) is 44.7 Å². The molecule has 3 N–H and O–H groups in total. The van der Waals surface area contributed by atoms with Crippen molar-refractivity contribution < 1.29 is 29.3 Å². The molecule has 0 aromatic carbocycles. The van der Waals surface area contributed by atoms with Crippen molar-refractivity contribution in [3.63, 3.8) is 0 Å². The van der Waals surface area contributed by atoms with Gasteiger partial charge in [0.1, 0.15) is 5.60 Å². The second kappa shape index (κ2) is 10.4. The van der Waals surface area contributed by atoms with Crippen LogP contribution in [0.3, 0.4) is 0 Å². The summed E-state index contributed by atoms with van der Waals surface area (Å²) in [5, 5.41) is 24.6. The van der Waals surface area contributed by atoms with E-state index in [0.29, 0.717) is 12.8 Å². The lowest BCUT2D eigenvalue weighted by Crippen LogP contribution is -2.69. The molecule has 8 heteroatoms. The lowest BCUT2D eigenvalue weighted by molar-refractivity contribution is -0.142. The number of aliphatic hydroxyl groups is 2. The third kappa shape index (κ3) is 4.60. The van der Waals surface area contributed by atoms with Crippen LogP contribution in [0.25, 0.3) is 0 Å². The van der Waals surface area contributed by atoms with Gasteiger partial charge in [0, 0.05) is 11.7 Å². The Morgan fingerprint density at radius 3 is 2.46 bits per heavy atom. The van der Waals surface area contributed by atoms with E-state index in [2.05, 4.69) is 10.1 Å². The lowest BCUT2D eigenvalue weighted by Gasteiger charge is -2.44. The molecule has 1 aliphatic heterocycles. The summed E-state index contributed by atoms with van der Waals surface area (Å²) in [5.41, 5.74) is -3.63. The monoisotopic (exact) mass is 415 g/mol. The molecular weight excluding hydrogens is 382 g/mol. The molecule has 1 fully saturated rings. The van der Waals surface area contributed by atoms with Crippen LogP contribution in [0.1, 0.15) is 53.4 Å². The molecule has 0 aromatic heterocycles. The number of methoxy groups -OCH3 is 1. The largest absolute Gasteiger partial charge is 0.469 e. The molecule has 1 saturated heterocycles. The van der Waals surface area contributed by atoms with Crippen LogP contribution in [0.4, 0.5) is 0 Å². The summed E-state index contributed by atoms with van der Waals surface area (Å²) in [6, 6.07) is 0. The molecule has 0 radical (unpaired) electrons. The Morgan fingerprint density at radius 2 is 2.00 bits per heavy atom.